The average Bonchev–Trinajstić information content (AvgIpc) is 2.17. The Morgan fingerprint density at radius 3 is 2.44 bits per heavy atom. The van der Waals surface area contributed by atoms with Gasteiger partial charge in [0.2, 0.25) is 0 Å². The summed E-state index contributed by atoms with van der Waals surface area (Å²) in [7, 11) is 0. The van der Waals surface area contributed by atoms with E-state index in [1.165, 1.54) is 5.56 Å². The van der Waals surface area contributed by atoms with Crippen LogP contribution >= 0.6 is 0 Å². The molecule has 1 aromatic heterocycles. The number of fused-ring (bicyclic) bond motifs is 1. The molecule has 1 aromatic carbocycles. The van der Waals surface area contributed by atoms with Crippen molar-refractivity contribution in [3.8, 4) is 0 Å². The number of nitrogens with one attached hydrogen (secondary N) is 1. The quantitative estimate of drug-likeness (QED) is 0.719. The summed E-state index contributed by atoms with van der Waals surface area (Å²) in [6, 6.07) is 6.04. The van der Waals surface area contributed by atoms with Crippen LogP contribution < -0.4 is 5.56 Å². The Morgan fingerprint density at radius 2 is 1.81 bits per heavy atom. The monoisotopic (exact) mass is 215 g/mol. The van der Waals surface area contributed by atoms with E-state index in [0.29, 0.717) is 0 Å². The molecular weight excluding hydrogens is 198 g/mol. The lowest BCUT2D eigenvalue weighted by molar-refractivity contribution is 0.593. The van der Waals surface area contributed by atoms with Crippen LogP contribution in [0.5, 0.6) is 0 Å². The molecule has 2 nitrogen and oxygen atoms in total. The Morgan fingerprint density at radius 1 is 1.12 bits per heavy atom. The number of aromatic amines is 1. The highest BCUT2D eigenvalue weighted by Gasteiger charge is 2.17. The molecule has 0 radical (unpaired) electrons. The molecule has 1 heterocycles. The second-order valence-electron chi connectivity index (χ2n) is 5.33. The number of pyridine rings is 1. The summed E-state index contributed by atoms with van der Waals surface area (Å²) in [5.41, 5.74) is 2.33. The fourth-order valence-electron chi connectivity index (χ4n) is 1.99. The molecule has 0 fully saturated rings. The van der Waals surface area contributed by atoms with Gasteiger partial charge >= 0.3 is 0 Å². The van der Waals surface area contributed by atoms with Gasteiger partial charge in [0, 0.05) is 11.6 Å². The van der Waals surface area contributed by atoms with Crippen molar-refractivity contribution in [2.75, 3.05) is 0 Å². The molecule has 0 atom stereocenters. The lowest BCUT2D eigenvalue weighted by atomic mass is 9.85. The largest absolute Gasteiger partial charge is 0.328 e. The highest BCUT2D eigenvalue weighted by molar-refractivity contribution is 5.86. The van der Waals surface area contributed by atoms with Crippen molar-refractivity contribution in [3.63, 3.8) is 0 Å². The molecule has 2 aromatic rings. The molecule has 16 heavy (non-hydrogen) atoms. The molecule has 0 bridgehead atoms. The standard InChI is InChI=1S/C14H17NO/c1-9-5-6-10-11(7-9)13(16)15-8-12(10)14(2,3)4/h5-8H,1-4H3,(H,15,16). The number of benzene rings is 1. The SMILES string of the molecule is Cc1ccc2c(C(C)(C)C)c[nH]c(=O)c2c1. The lowest BCUT2D eigenvalue weighted by Crippen LogP contribution is -2.16. The summed E-state index contributed by atoms with van der Waals surface area (Å²) in [6.07, 6.45) is 1.83. The summed E-state index contributed by atoms with van der Waals surface area (Å²) in [5.74, 6) is 0. The van der Waals surface area contributed by atoms with E-state index in [1.807, 2.05) is 25.3 Å². The van der Waals surface area contributed by atoms with E-state index in [9.17, 15) is 4.79 Å². The second kappa shape index (κ2) is 3.48. The first-order valence-electron chi connectivity index (χ1n) is 5.52. The van der Waals surface area contributed by atoms with Crippen LogP contribution in [0.15, 0.2) is 29.2 Å². The molecule has 0 aliphatic rings. The Balaban J connectivity index is 2.90. The number of hydrogen-bond acceptors (Lipinski definition) is 1. The Labute approximate surface area is 95.3 Å². The topological polar surface area (TPSA) is 32.9 Å². The minimum Gasteiger partial charge on any atom is -0.328 e. The van der Waals surface area contributed by atoms with Gasteiger partial charge in [-0.2, -0.15) is 0 Å². The maximum Gasteiger partial charge on any atom is 0.255 e. The summed E-state index contributed by atoms with van der Waals surface area (Å²) in [4.78, 5) is 14.6. The molecule has 84 valence electrons. The molecular formula is C14H17NO. The maximum absolute atomic E-state index is 11.8. The second-order valence-corrected chi connectivity index (χ2v) is 5.33. The first-order valence-corrected chi connectivity index (χ1v) is 5.52. The molecule has 2 heteroatoms. The van der Waals surface area contributed by atoms with E-state index in [4.69, 9.17) is 0 Å². The third-order valence-electron chi connectivity index (χ3n) is 2.87. The number of rotatable bonds is 0. The zero-order valence-electron chi connectivity index (χ0n) is 10.2. The Kier molecular flexibility index (Phi) is 2.38. The molecule has 1 N–H and O–H groups in total. The van der Waals surface area contributed by atoms with Gasteiger partial charge in [-0.25, -0.2) is 0 Å². The van der Waals surface area contributed by atoms with Gasteiger partial charge in [-0.1, -0.05) is 38.5 Å². The van der Waals surface area contributed by atoms with Crippen LogP contribution in [0.3, 0.4) is 0 Å². The van der Waals surface area contributed by atoms with Gasteiger partial charge < -0.3 is 4.98 Å². The molecule has 0 aliphatic heterocycles. The van der Waals surface area contributed by atoms with Crippen molar-refractivity contribution < 1.29 is 0 Å². The van der Waals surface area contributed by atoms with E-state index >= 15 is 0 Å². The molecule has 2 rings (SSSR count). The first-order chi connectivity index (χ1) is 7.39. The van der Waals surface area contributed by atoms with Crippen molar-refractivity contribution in [3.05, 3.63) is 45.9 Å². The highest BCUT2D eigenvalue weighted by Crippen LogP contribution is 2.27. The predicted molar refractivity (Wildman–Crippen MR) is 68.0 cm³/mol. The summed E-state index contributed by atoms with van der Waals surface area (Å²) >= 11 is 0. The molecule has 0 saturated heterocycles. The van der Waals surface area contributed by atoms with Crippen LogP contribution in [-0.2, 0) is 5.41 Å². The number of aryl methyl sites for hydroxylation is 1. The van der Waals surface area contributed by atoms with Crippen molar-refractivity contribution >= 4 is 10.8 Å². The van der Waals surface area contributed by atoms with Crippen LogP contribution in [0, 0.1) is 6.92 Å². The average molecular weight is 215 g/mol. The van der Waals surface area contributed by atoms with Crippen molar-refractivity contribution in [2.24, 2.45) is 0 Å². The smallest absolute Gasteiger partial charge is 0.255 e. The minimum atomic E-state index is -0.00769. The summed E-state index contributed by atoms with van der Waals surface area (Å²) in [5, 5.41) is 1.84. The van der Waals surface area contributed by atoms with Crippen LogP contribution in [0.2, 0.25) is 0 Å². The molecule has 0 saturated carbocycles. The van der Waals surface area contributed by atoms with Gasteiger partial charge in [0.1, 0.15) is 0 Å². The van der Waals surface area contributed by atoms with Crippen molar-refractivity contribution in [1.29, 1.82) is 0 Å². The third-order valence-corrected chi connectivity index (χ3v) is 2.87. The zero-order valence-corrected chi connectivity index (χ0v) is 10.2. The Bertz CT molecular complexity index is 588. The van der Waals surface area contributed by atoms with Crippen LogP contribution in [0.4, 0.5) is 0 Å². The van der Waals surface area contributed by atoms with Gasteiger partial charge in [-0.05, 0) is 29.4 Å². The number of H-pyrrole nitrogens is 1. The van der Waals surface area contributed by atoms with Crippen LogP contribution in [-0.4, -0.2) is 4.98 Å². The van der Waals surface area contributed by atoms with Crippen LogP contribution in [0.25, 0.3) is 10.8 Å². The van der Waals surface area contributed by atoms with Crippen molar-refractivity contribution in [1.82, 2.24) is 4.98 Å². The third kappa shape index (κ3) is 1.75. The van der Waals surface area contributed by atoms with Crippen LogP contribution in [0.1, 0.15) is 31.9 Å². The zero-order chi connectivity index (χ0) is 11.9. The predicted octanol–water partition coefficient (Wildman–Crippen LogP) is 3.13. The fourth-order valence-corrected chi connectivity index (χ4v) is 1.99. The number of aromatic nitrogens is 1. The molecule has 0 spiro atoms. The summed E-state index contributed by atoms with van der Waals surface area (Å²) < 4.78 is 0. The minimum absolute atomic E-state index is 0.00769. The van der Waals surface area contributed by atoms with E-state index in [0.717, 1.165) is 16.3 Å². The normalized spacial score (nSPS) is 12.0. The first kappa shape index (κ1) is 10.9. The lowest BCUT2D eigenvalue weighted by Gasteiger charge is -2.20. The molecule has 0 unspecified atom stereocenters. The van der Waals surface area contributed by atoms with E-state index in [1.54, 1.807) is 0 Å². The van der Waals surface area contributed by atoms with Gasteiger partial charge in [-0.3, -0.25) is 4.79 Å². The van der Waals surface area contributed by atoms with Gasteiger partial charge in [-0.15, -0.1) is 0 Å². The Hall–Kier alpha value is -1.57. The molecule has 0 aliphatic carbocycles. The van der Waals surface area contributed by atoms with Crippen molar-refractivity contribution in [2.45, 2.75) is 33.1 Å². The number of hydrogen-bond donors (Lipinski definition) is 1. The van der Waals surface area contributed by atoms with Gasteiger partial charge in [0.15, 0.2) is 0 Å². The van der Waals surface area contributed by atoms with E-state index < -0.39 is 0 Å². The maximum atomic E-state index is 11.8. The summed E-state index contributed by atoms with van der Waals surface area (Å²) in [6.45, 7) is 8.46. The van der Waals surface area contributed by atoms with E-state index in [2.05, 4.69) is 31.8 Å². The van der Waals surface area contributed by atoms with E-state index in [-0.39, 0.29) is 11.0 Å². The van der Waals surface area contributed by atoms with Gasteiger partial charge in [0.25, 0.3) is 5.56 Å². The highest BCUT2D eigenvalue weighted by atomic mass is 16.1. The molecule has 0 amide bonds. The fraction of sp³-hybridized carbons (Fsp3) is 0.357. The van der Waals surface area contributed by atoms with Gasteiger partial charge in [0.05, 0.1) is 0 Å².